The molecule has 2 aromatic heterocycles. The quantitative estimate of drug-likeness (QED) is 0.162. The summed E-state index contributed by atoms with van der Waals surface area (Å²) in [5.41, 5.74) is 4.32. The number of anilines is 1. The zero-order chi connectivity index (χ0) is 30.4. The number of aliphatic hydroxyl groups is 1. The van der Waals surface area contributed by atoms with Crippen LogP contribution in [0.25, 0.3) is 27.6 Å². The summed E-state index contributed by atoms with van der Waals surface area (Å²) in [6, 6.07) is 21.0. The van der Waals surface area contributed by atoms with Crippen molar-refractivity contribution in [2.75, 3.05) is 10.7 Å². The van der Waals surface area contributed by atoms with Gasteiger partial charge < -0.3 is 9.84 Å². The molecule has 1 atom stereocenters. The highest BCUT2D eigenvalue weighted by molar-refractivity contribution is 8.14. The average molecular weight is 605 g/mol. The van der Waals surface area contributed by atoms with Crippen LogP contribution in [0.5, 0.6) is 5.75 Å². The van der Waals surface area contributed by atoms with E-state index in [4.69, 9.17) is 4.98 Å². The number of thioether (sulfide) groups is 1. The first-order valence-corrected chi connectivity index (χ1v) is 14.5. The minimum atomic E-state index is -4.75. The second kappa shape index (κ2) is 11.0. The first-order chi connectivity index (χ1) is 20.5. The van der Waals surface area contributed by atoms with Crippen LogP contribution in [-0.2, 0) is 0 Å². The van der Waals surface area contributed by atoms with Gasteiger partial charge in [-0.2, -0.15) is 5.10 Å². The summed E-state index contributed by atoms with van der Waals surface area (Å²) in [6.07, 6.45) is -1.56. The van der Waals surface area contributed by atoms with Crippen molar-refractivity contribution in [2.45, 2.75) is 38.8 Å². The van der Waals surface area contributed by atoms with Crippen molar-refractivity contribution >= 4 is 50.8 Å². The van der Waals surface area contributed by atoms with Crippen molar-refractivity contribution in [1.82, 2.24) is 14.5 Å². The average Bonchev–Trinajstić information content (AvgIpc) is 3.52. The molecule has 220 valence electrons. The number of halogens is 3. The highest BCUT2D eigenvalue weighted by atomic mass is 32.2. The van der Waals surface area contributed by atoms with Crippen molar-refractivity contribution < 1.29 is 23.0 Å². The molecule has 8 nitrogen and oxygen atoms in total. The smallest absolute Gasteiger partial charge is 0.406 e. The van der Waals surface area contributed by atoms with E-state index in [0.717, 1.165) is 22.2 Å². The molecule has 43 heavy (non-hydrogen) atoms. The Morgan fingerprint density at radius 2 is 1.81 bits per heavy atom. The largest absolute Gasteiger partial charge is 0.573 e. The van der Waals surface area contributed by atoms with E-state index in [1.165, 1.54) is 36.0 Å². The third-order valence-corrected chi connectivity index (χ3v) is 8.25. The summed E-state index contributed by atoms with van der Waals surface area (Å²) in [6.45, 7) is 6.00. The van der Waals surface area contributed by atoms with Gasteiger partial charge in [0.05, 0.1) is 28.5 Å². The SMILES string of the molecule is CC(C)c1ccccc1N1/C(=N/N=C/c2ccc3c(ccc4c3ncn4-c3ccc(OC(F)(F)F)cc3)n2)SCC1(C)O. The van der Waals surface area contributed by atoms with E-state index < -0.39 is 12.1 Å². The minimum Gasteiger partial charge on any atom is -0.406 e. The molecular formula is C31H27F3N6O2S. The van der Waals surface area contributed by atoms with Crippen LogP contribution in [0.15, 0.2) is 89.3 Å². The molecule has 3 heterocycles. The number of hydrogen-bond donors (Lipinski definition) is 1. The maximum atomic E-state index is 12.5. The summed E-state index contributed by atoms with van der Waals surface area (Å²) in [5, 5.41) is 21.3. The lowest BCUT2D eigenvalue weighted by molar-refractivity contribution is -0.274. The molecule has 3 aromatic carbocycles. The number of ether oxygens (including phenoxy) is 1. The van der Waals surface area contributed by atoms with E-state index in [9.17, 15) is 18.3 Å². The van der Waals surface area contributed by atoms with Crippen LogP contribution in [0.4, 0.5) is 18.9 Å². The molecule has 5 aromatic rings. The molecule has 1 fully saturated rings. The van der Waals surface area contributed by atoms with Gasteiger partial charge in [0.15, 0.2) is 10.9 Å². The number of nitrogens with zero attached hydrogens (tertiary/aromatic N) is 6. The number of imidazole rings is 1. The van der Waals surface area contributed by atoms with Crippen LogP contribution in [-0.4, -0.2) is 48.9 Å². The molecule has 1 aliphatic heterocycles. The fraction of sp³-hybridized carbons (Fsp3) is 0.226. The Balaban J connectivity index is 1.26. The van der Waals surface area contributed by atoms with Gasteiger partial charge in [0.2, 0.25) is 0 Å². The second-order valence-electron chi connectivity index (χ2n) is 10.6. The molecule has 1 N–H and O–H groups in total. The fourth-order valence-electron chi connectivity index (χ4n) is 5.08. The lowest BCUT2D eigenvalue weighted by Gasteiger charge is -2.32. The minimum absolute atomic E-state index is 0.264. The summed E-state index contributed by atoms with van der Waals surface area (Å²) in [4.78, 5) is 11.1. The van der Waals surface area contributed by atoms with Gasteiger partial charge in [-0.05, 0) is 73.0 Å². The number of fused-ring (bicyclic) bond motifs is 3. The van der Waals surface area contributed by atoms with Gasteiger partial charge in [0, 0.05) is 22.5 Å². The van der Waals surface area contributed by atoms with Gasteiger partial charge in [0.1, 0.15) is 12.1 Å². The van der Waals surface area contributed by atoms with E-state index in [2.05, 4.69) is 39.8 Å². The molecule has 0 radical (unpaired) electrons. The predicted octanol–water partition coefficient (Wildman–Crippen LogP) is 7.25. The molecule has 6 rings (SSSR count). The Labute approximate surface area is 249 Å². The van der Waals surface area contributed by atoms with Crippen molar-refractivity contribution in [3.63, 3.8) is 0 Å². The van der Waals surface area contributed by atoms with E-state index in [-0.39, 0.29) is 11.7 Å². The topological polar surface area (TPSA) is 88.1 Å². The number of benzene rings is 3. The Morgan fingerprint density at radius 3 is 2.56 bits per heavy atom. The Hall–Kier alpha value is -4.42. The maximum absolute atomic E-state index is 12.5. The van der Waals surface area contributed by atoms with Crippen LogP contribution < -0.4 is 9.64 Å². The van der Waals surface area contributed by atoms with Crippen LogP contribution in [0.1, 0.15) is 37.9 Å². The number of aromatic nitrogens is 3. The van der Waals surface area contributed by atoms with Crippen molar-refractivity contribution in [3.8, 4) is 11.4 Å². The van der Waals surface area contributed by atoms with E-state index in [0.29, 0.717) is 33.3 Å². The lowest BCUT2D eigenvalue weighted by Crippen LogP contribution is -2.45. The van der Waals surface area contributed by atoms with Crippen LogP contribution in [0, 0.1) is 0 Å². The molecular weight excluding hydrogens is 577 g/mol. The highest BCUT2D eigenvalue weighted by Gasteiger charge is 2.41. The van der Waals surface area contributed by atoms with Crippen LogP contribution >= 0.6 is 11.8 Å². The van der Waals surface area contributed by atoms with Crippen molar-refractivity contribution in [2.24, 2.45) is 10.2 Å². The molecule has 0 saturated carbocycles. The zero-order valence-electron chi connectivity index (χ0n) is 23.4. The number of para-hydroxylation sites is 1. The fourth-order valence-corrected chi connectivity index (χ4v) is 6.14. The number of amidine groups is 1. The van der Waals surface area contributed by atoms with Gasteiger partial charge >= 0.3 is 6.36 Å². The third-order valence-electron chi connectivity index (χ3n) is 7.03. The maximum Gasteiger partial charge on any atom is 0.573 e. The van der Waals surface area contributed by atoms with Gasteiger partial charge in [-0.15, -0.1) is 18.3 Å². The van der Waals surface area contributed by atoms with Crippen molar-refractivity contribution in [1.29, 1.82) is 0 Å². The number of pyridine rings is 1. The van der Waals surface area contributed by atoms with E-state index >= 15 is 0 Å². The first-order valence-electron chi connectivity index (χ1n) is 13.5. The third kappa shape index (κ3) is 5.80. The summed E-state index contributed by atoms with van der Waals surface area (Å²) in [5.74, 6) is 0.427. The molecule has 0 spiro atoms. The Morgan fingerprint density at radius 1 is 1.05 bits per heavy atom. The van der Waals surface area contributed by atoms with Crippen molar-refractivity contribution in [3.05, 3.63) is 90.4 Å². The summed E-state index contributed by atoms with van der Waals surface area (Å²) < 4.78 is 43.3. The van der Waals surface area contributed by atoms with Gasteiger partial charge in [0.25, 0.3) is 0 Å². The van der Waals surface area contributed by atoms with E-state index in [1.54, 1.807) is 24.0 Å². The van der Waals surface area contributed by atoms with Crippen LogP contribution in [0.2, 0.25) is 0 Å². The second-order valence-corrected chi connectivity index (χ2v) is 11.5. The molecule has 0 aliphatic carbocycles. The van der Waals surface area contributed by atoms with Gasteiger partial charge in [-0.25, -0.2) is 9.97 Å². The van der Waals surface area contributed by atoms with Gasteiger partial charge in [-0.3, -0.25) is 9.47 Å². The molecule has 0 bridgehead atoms. The predicted molar refractivity (Wildman–Crippen MR) is 164 cm³/mol. The molecule has 1 unspecified atom stereocenters. The normalized spacial score (nSPS) is 18.6. The van der Waals surface area contributed by atoms with Crippen LogP contribution in [0.3, 0.4) is 0 Å². The zero-order valence-corrected chi connectivity index (χ0v) is 24.3. The molecule has 1 aliphatic rings. The van der Waals surface area contributed by atoms with E-state index in [1.807, 2.05) is 47.4 Å². The number of rotatable bonds is 6. The monoisotopic (exact) mass is 604 g/mol. The molecule has 1 saturated heterocycles. The van der Waals surface area contributed by atoms with Gasteiger partial charge in [-0.1, -0.05) is 43.8 Å². The Kier molecular flexibility index (Phi) is 7.35. The lowest BCUT2D eigenvalue weighted by atomic mass is 9.99. The standard InChI is InChI=1S/C31H27F3N6O2S/c1-19(2)23-6-4-5-7-26(23)40-29(43-17-30(40,3)41)38-36-16-20-8-13-24-25(37-20)14-15-27-28(24)35-18-39(27)21-9-11-22(12-10-21)42-31(32,33)34/h4-16,18-19,41H,17H2,1-3H3/b36-16+,38-29-. The molecule has 12 heteroatoms. The highest BCUT2D eigenvalue weighted by Crippen LogP contribution is 2.39. The Bertz CT molecular complexity index is 1870. The summed E-state index contributed by atoms with van der Waals surface area (Å²) in [7, 11) is 0. The molecule has 0 amide bonds. The summed E-state index contributed by atoms with van der Waals surface area (Å²) >= 11 is 1.44. The first kappa shape index (κ1) is 28.7. The number of hydrogen-bond acceptors (Lipinski definition) is 7. The number of alkyl halides is 3.